The van der Waals surface area contributed by atoms with Crippen LogP contribution in [0.15, 0.2) is 47.4 Å². The number of hydrogen-bond acceptors (Lipinski definition) is 3. The van der Waals surface area contributed by atoms with E-state index >= 15 is 0 Å². The molecular formula is C23H31NO3S. The van der Waals surface area contributed by atoms with Crippen LogP contribution in [0.3, 0.4) is 0 Å². The summed E-state index contributed by atoms with van der Waals surface area (Å²) >= 11 is 0. The van der Waals surface area contributed by atoms with Crippen molar-refractivity contribution in [2.75, 3.05) is 0 Å². The molecule has 28 heavy (non-hydrogen) atoms. The van der Waals surface area contributed by atoms with E-state index in [1.165, 1.54) is 0 Å². The standard InChI is InChI=1S/C23H31NO3S/c1-15(2)19-8-7-9-20(16(3)4)21(19)14-22(25)24-28(27)18-12-10-17(11-13-18)23(5,6)26/h7-13,15-16,26H,14H2,1-6H3,(H,24,25). The molecule has 152 valence electrons. The van der Waals surface area contributed by atoms with Crippen molar-refractivity contribution in [3.05, 3.63) is 64.7 Å². The summed E-state index contributed by atoms with van der Waals surface area (Å²) in [5.41, 5.74) is 3.10. The molecule has 0 radical (unpaired) electrons. The molecule has 1 unspecified atom stereocenters. The van der Waals surface area contributed by atoms with Crippen LogP contribution >= 0.6 is 0 Å². The molecule has 0 fully saturated rings. The van der Waals surface area contributed by atoms with Gasteiger partial charge in [0.2, 0.25) is 5.91 Å². The van der Waals surface area contributed by atoms with E-state index in [2.05, 4.69) is 44.5 Å². The van der Waals surface area contributed by atoms with Gasteiger partial charge in [0.1, 0.15) is 0 Å². The SMILES string of the molecule is CC(C)c1cccc(C(C)C)c1CC(=O)NS(=O)c1ccc(C(C)(C)O)cc1. The van der Waals surface area contributed by atoms with E-state index in [9.17, 15) is 14.1 Å². The Morgan fingerprint density at radius 3 is 1.93 bits per heavy atom. The fourth-order valence-electron chi connectivity index (χ4n) is 3.25. The highest BCUT2D eigenvalue weighted by molar-refractivity contribution is 7.83. The zero-order chi connectivity index (χ0) is 21.1. The Morgan fingerprint density at radius 1 is 1.00 bits per heavy atom. The van der Waals surface area contributed by atoms with E-state index in [0.717, 1.165) is 22.3 Å². The first kappa shape index (κ1) is 22.3. The van der Waals surface area contributed by atoms with Crippen molar-refractivity contribution < 1.29 is 14.1 Å². The molecule has 0 aliphatic rings. The minimum Gasteiger partial charge on any atom is -0.386 e. The lowest BCUT2D eigenvalue weighted by Crippen LogP contribution is -2.28. The van der Waals surface area contributed by atoms with Gasteiger partial charge in [0.25, 0.3) is 0 Å². The lowest BCUT2D eigenvalue weighted by molar-refractivity contribution is -0.118. The molecule has 1 amide bonds. The number of aliphatic hydroxyl groups is 1. The molecular weight excluding hydrogens is 370 g/mol. The molecule has 0 saturated carbocycles. The van der Waals surface area contributed by atoms with Crippen molar-refractivity contribution in [1.29, 1.82) is 0 Å². The minimum absolute atomic E-state index is 0.204. The quantitative estimate of drug-likeness (QED) is 0.716. The van der Waals surface area contributed by atoms with Crippen LogP contribution in [0.4, 0.5) is 0 Å². The Bertz CT molecular complexity index is 823. The van der Waals surface area contributed by atoms with Crippen LogP contribution < -0.4 is 4.72 Å². The van der Waals surface area contributed by atoms with Gasteiger partial charge in [-0.25, -0.2) is 4.21 Å². The van der Waals surface area contributed by atoms with E-state index in [-0.39, 0.29) is 12.3 Å². The van der Waals surface area contributed by atoms with Crippen LogP contribution in [0.1, 0.15) is 75.6 Å². The first-order valence-electron chi connectivity index (χ1n) is 9.66. The molecule has 2 aromatic rings. The molecule has 5 heteroatoms. The van der Waals surface area contributed by atoms with E-state index in [4.69, 9.17) is 0 Å². The van der Waals surface area contributed by atoms with E-state index in [1.807, 2.05) is 6.07 Å². The van der Waals surface area contributed by atoms with Gasteiger partial charge in [-0.3, -0.25) is 9.52 Å². The molecule has 0 bridgehead atoms. The fraction of sp³-hybridized carbons (Fsp3) is 0.435. The van der Waals surface area contributed by atoms with E-state index in [1.54, 1.807) is 38.1 Å². The van der Waals surface area contributed by atoms with Crippen LogP contribution in [0.25, 0.3) is 0 Å². The fourth-order valence-corrected chi connectivity index (χ4v) is 4.03. The second-order valence-electron chi connectivity index (χ2n) is 8.28. The summed E-state index contributed by atoms with van der Waals surface area (Å²) in [7, 11) is -1.64. The van der Waals surface area contributed by atoms with Gasteiger partial charge < -0.3 is 5.11 Å². The topological polar surface area (TPSA) is 66.4 Å². The number of benzene rings is 2. The summed E-state index contributed by atoms with van der Waals surface area (Å²) in [5.74, 6) is 0.350. The number of nitrogens with one attached hydrogen (secondary N) is 1. The highest BCUT2D eigenvalue weighted by Crippen LogP contribution is 2.28. The second-order valence-corrected chi connectivity index (χ2v) is 9.49. The van der Waals surface area contributed by atoms with Crippen molar-refractivity contribution >= 4 is 16.9 Å². The van der Waals surface area contributed by atoms with Gasteiger partial charge in [0.05, 0.1) is 16.9 Å². The first-order valence-corrected chi connectivity index (χ1v) is 10.8. The first-order chi connectivity index (χ1) is 13.0. The van der Waals surface area contributed by atoms with Crippen LogP contribution in [0.2, 0.25) is 0 Å². The van der Waals surface area contributed by atoms with Gasteiger partial charge in [-0.1, -0.05) is 58.0 Å². The molecule has 4 nitrogen and oxygen atoms in total. The molecule has 2 aromatic carbocycles. The predicted molar refractivity (Wildman–Crippen MR) is 115 cm³/mol. The Balaban J connectivity index is 2.17. The van der Waals surface area contributed by atoms with Gasteiger partial charge in [0, 0.05) is 0 Å². The van der Waals surface area contributed by atoms with Crippen LogP contribution in [-0.4, -0.2) is 15.2 Å². The third-order valence-corrected chi connectivity index (χ3v) is 5.92. The Labute approximate surface area is 171 Å². The molecule has 0 heterocycles. The summed E-state index contributed by atoms with van der Waals surface area (Å²) in [6, 6.07) is 13.0. The van der Waals surface area contributed by atoms with Crippen molar-refractivity contribution in [1.82, 2.24) is 4.72 Å². The van der Waals surface area contributed by atoms with E-state index < -0.39 is 16.6 Å². The molecule has 2 N–H and O–H groups in total. The summed E-state index contributed by atoms with van der Waals surface area (Å²) in [6.07, 6.45) is 0.204. The van der Waals surface area contributed by atoms with Crippen molar-refractivity contribution in [2.45, 2.75) is 70.3 Å². The number of amides is 1. The average Bonchev–Trinajstić information content (AvgIpc) is 2.60. The Morgan fingerprint density at radius 2 is 1.50 bits per heavy atom. The summed E-state index contributed by atoms with van der Waals surface area (Å²) in [5, 5.41) is 10.0. The number of hydrogen-bond donors (Lipinski definition) is 2. The van der Waals surface area contributed by atoms with Crippen molar-refractivity contribution in [2.24, 2.45) is 0 Å². The summed E-state index contributed by atoms with van der Waals surface area (Å²) in [6.45, 7) is 11.8. The highest BCUT2D eigenvalue weighted by Gasteiger charge is 2.19. The average molecular weight is 402 g/mol. The molecule has 0 aliphatic heterocycles. The number of rotatable bonds is 7. The summed E-state index contributed by atoms with van der Waals surface area (Å²) < 4.78 is 15.2. The third-order valence-electron chi connectivity index (χ3n) is 4.81. The highest BCUT2D eigenvalue weighted by atomic mass is 32.2. The lowest BCUT2D eigenvalue weighted by atomic mass is 9.87. The third kappa shape index (κ3) is 5.52. The van der Waals surface area contributed by atoms with Gasteiger partial charge in [-0.15, -0.1) is 0 Å². The predicted octanol–water partition coefficient (Wildman–Crippen LogP) is 4.54. The van der Waals surface area contributed by atoms with Crippen LogP contribution in [-0.2, 0) is 27.8 Å². The Kier molecular flexibility index (Phi) is 7.18. The zero-order valence-electron chi connectivity index (χ0n) is 17.6. The molecule has 0 aliphatic carbocycles. The number of carbonyl (C=O) groups excluding carboxylic acids is 1. The maximum atomic E-state index is 12.6. The molecule has 0 saturated heterocycles. The largest absolute Gasteiger partial charge is 0.386 e. The molecule has 2 rings (SSSR count). The van der Waals surface area contributed by atoms with Gasteiger partial charge in [0.15, 0.2) is 11.0 Å². The maximum Gasteiger partial charge on any atom is 0.236 e. The van der Waals surface area contributed by atoms with E-state index in [0.29, 0.717) is 16.7 Å². The van der Waals surface area contributed by atoms with Crippen molar-refractivity contribution in [3.8, 4) is 0 Å². The molecule has 0 spiro atoms. The zero-order valence-corrected chi connectivity index (χ0v) is 18.4. The van der Waals surface area contributed by atoms with Gasteiger partial charge in [-0.2, -0.15) is 0 Å². The monoisotopic (exact) mass is 401 g/mol. The smallest absolute Gasteiger partial charge is 0.236 e. The maximum absolute atomic E-state index is 12.6. The van der Waals surface area contributed by atoms with Crippen LogP contribution in [0, 0.1) is 0 Å². The molecule has 1 atom stereocenters. The normalized spacial score (nSPS) is 13.0. The van der Waals surface area contributed by atoms with Gasteiger partial charge in [-0.05, 0) is 60.1 Å². The van der Waals surface area contributed by atoms with Crippen molar-refractivity contribution in [3.63, 3.8) is 0 Å². The second kappa shape index (κ2) is 9.01. The minimum atomic E-state index is -1.64. The molecule has 0 aromatic heterocycles. The van der Waals surface area contributed by atoms with Crippen LogP contribution in [0.5, 0.6) is 0 Å². The number of carbonyl (C=O) groups is 1. The van der Waals surface area contributed by atoms with Gasteiger partial charge >= 0.3 is 0 Å². The summed E-state index contributed by atoms with van der Waals surface area (Å²) in [4.78, 5) is 13.1. The lowest BCUT2D eigenvalue weighted by Gasteiger charge is -2.19. The Hall–Kier alpha value is -1.98.